The van der Waals surface area contributed by atoms with E-state index in [1.807, 2.05) is 0 Å². The molecule has 1 N–H and O–H groups in total. The summed E-state index contributed by atoms with van der Waals surface area (Å²) in [7, 11) is 0. The number of H-pyrrole nitrogens is 1. The highest BCUT2D eigenvalue weighted by molar-refractivity contribution is 7.71. The van der Waals surface area contributed by atoms with E-state index in [-0.39, 0.29) is 16.3 Å². The Balaban J connectivity index is 2.26. The minimum atomic E-state index is -0.522. The van der Waals surface area contributed by atoms with Gasteiger partial charge in [0, 0.05) is 5.56 Å². The molecule has 134 valence electrons. The molecule has 0 bridgehead atoms. The zero-order valence-corrected chi connectivity index (χ0v) is 15.6. The van der Waals surface area contributed by atoms with Crippen LogP contribution >= 0.6 is 23.8 Å². The van der Waals surface area contributed by atoms with Crippen molar-refractivity contribution in [2.75, 3.05) is 0 Å². The SMILES string of the molecule is Cc1n[nH]c(=S)n(-n2c(-c3ccccc3Cl)nc3ccccc3c2=O)c1=O. The van der Waals surface area contributed by atoms with Crippen molar-refractivity contribution in [3.63, 3.8) is 0 Å². The Morgan fingerprint density at radius 3 is 2.48 bits per heavy atom. The molecule has 0 amide bonds. The number of benzene rings is 2. The number of fused-ring (bicyclic) bond motifs is 1. The van der Waals surface area contributed by atoms with Crippen LogP contribution in [0.3, 0.4) is 0 Å². The molecule has 4 aromatic rings. The van der Waals surface area contributed by atoms with E-state index >= 15 is 0 Å². The first-order chi connectivity index (χ1) is 13.0. The zero-order valence-electron chi connectivity index (χ0n) is 14.0. The Hall–Kier alpha value is -3.10. The monoisotopic (exact) mass is 397 g/mol. The number of nitrogens with one attached hydrogen (secondary N) is 1. The Labute approximate surface area is 162 Å². The molecule has 0 spiro atoms. The second-order valence-electron chi connectivity index (χ2n) is 5.78. The molecule has 4 rings (SSSR count). The maximum Gasteiger partial charge on any atom is 0.295 e. The molecule has 27 heavy (non-hydrogen) atoms. The molecule has 9 heteroatoms. The Morgan fingerprint density at radius 1 is 1.00 bits per heavy atom. The highest BCUT2D eigenvalue weighted by Crippen LogP contribution is 2.26. The van der Waals surface area contributed by atoms with E-state index in [0.717, 1.165) is 9.35 Å². The summed E-state index contributed by atoms with van der Waals surface area (Å²) in [5.74, 6) is 0.205. The molecular weight excluding hydrogens is 386 g/mol. The van der Waals surface area contributed by atoms with Gasteiger partial charge in [-0.1, -0.05) is 35.9 Å². The highest BCUT2D eigenvalue weighted by atomic mass is 35.5. The third-order valence-corrected chi connectivity index (χ3v) is 4.68. The van der Waals surface area contributed by atoms with Gasteiger partial charge >= 0.3 is 0 Å². The largest absolute Gasteiger partial charge is 0.295 e. The topological polar surface area (TPSA) is 85.6 Å². The minimum absolute atomic E-state index is 0.0296. The Morgan fingerprint density at radius 2 is 1.70 bits per heavy atom. The van der Waals surface area contributed by atoms with Crippen LogP contribution in [0, 0.1) is 11.7 Å². The quantitative estimate of drug-likeness (QED) is 0.525. The van der Waals surface area contributed by atoms with Gasteiger partial charge in [-0.15, -0.1) is 0 Å². The number of para-hydroxylation sites is 1. The number of aromatic amines is 1. The van der Waals surface area contributed by atoms with Gasteiger partial charge in [-0.3, -0.25) is 14.7 Å². The maximum absolute atomic E-state index is 13.3. The van der Waals surface area contributed by atoms with Gasteiger partial charge in [0.05, 0.1) is 15.9 Å². The van der Waals surface area contributed by atoms with Crippen LogP contribution in [-0.2, 0) is 0 Å². The van der Waals surface area contributed by atoms with E-state index in [1.165, 1.54) is 6.92 Å². The molecule has 0 fully saturated rings. The van der Waals surface area contributed by atoms with Crippen LogP contribution in [0.5, 0.6) is 0 Å². The fraction of sp³-hybridized carbons (Fsp3) is 0.0556. The lowest BCUT2D eigenvalue weighted by Crippen LogP contribution is -2.39. The second kappa shape index (κ2) is 6.57. The lowest BCUT2D eigenvalue weighted by atomic mass is 10.2. The fourth-order valence-electron chi connectivity index (χ4n) is 2.78. The summed E-state index contributed by atoms with van der Waals surface area (Å²) in [4.78, 5) is 30.6. The number of hydrogen-bond donors (Lipinski definition) is 1. The fourth-order valence-corrected chi connectivity index (χ4v) is 3.21. The Bertz CT molecular complexity index is 1370. The number of aromatic nitrogens is 5. The average molecular weight is 398 g/mol. The van der Waals surface area contributed by atoms with Gasteiger partial charge in [-0.25, -0.2) is 4.98 Å². The molecule has 2 aromatic heterocycles. The van der Waals surface area contributed by atoms with Crippen molar-refractivity contribution in [3.8, 4) is 11.4 Å². The summed E-state index contributed by atoms with van der Waals surface area (Å²) < 4.78 is 2.16. The number of halogens is 1. The standard InChI is InChI=1S/C18H12ClN5O2S/c1-10-16(25)24(18(27)22-21-10)23-15(11-6-2-4-8-13(11)19)20-14-9-5-3-7-12(14)17(23)26/h2-9H,1H3,(H,22,27). The van der Waals surface area contributed by atoms with Crippen molar-refractivity contribution in [2.24, 2.45) is 0 Å². The molecule has 0 radical (unpaired) electrons. The lowest BCUT2D eigenvalue weighted by molar-refractivity contribution is 0.564. The first-order valence-corrected chi connectivity index (χ1v) is 8.73. The summed E-state index contributed by atoms with van der Waals surface area (Å²) in [6, 6.07) is 13.8. The van der Waals surface area contributed by atoms with Gasteiger partial charge in [0.15, 0.2) is 5.82 Å². The number of aryl methyl sites for hydroxylation is 1. The summed E-state index contributed by atoms with van der Waals surface area (Å²) in [5.41, 5.74) is 0.183. The summed E-state index contributed by atoms with van der Waals surface area (Å²) in [5, 5.41) is 7.18. The summed E-state index contributed by atoms with van der Waals surface area (Å²) >= 11 is 11.6. The van der Waals surface area contributed by atoms with Crippen LogP contribution in [0.25, 0.3) is 22.3 Å². The molecule has 0 aliphatic rings. The summed E-state index contributed by atoms with van der Waals surface area (Å²) in [6.45, 7) is 1.53. The van der Waals surface area contributed by atoms with Crippen molar-refractivity contribution in [2.45, 2.75) is 6.92 Å². The van der Waals surface area contributed by atoms with Crippen LogP contribution in [0.15, 0.2) is 58.1 Å². The van der Waals surface area contributed by atoms with Crippen LogP contribution in [-0.4, -0.2) is 24.5 Å². The Kier molecular flexibility index (Phi) is 4.21. The van der Waals surface area contributed by atoms with Gasteiger partial charge in [-0.2, -0.15) is 14.5 Å². The predicted molar refractivity (Wildman–Crippen MR) is 106 cm³/mol. The third kappa shape index (κ3) is 2.79. The number of hydrogen-bond acceptors (Lipinski definition) is 5. The van der Waals surface area contributed by atoms with E-state index in [2.05, 4.69) is 15.2 Å². The molecule has 0 atom stereocenters. The van der Waals surface area contributed by atoms with Crippen molar-refractivity contribution < 1.29 is 0 Å². The van der Waals surface area contributed by atoms with Crippen molar-refractivity contribution in [1.82, 2.24) is 24.5 Å². The van der Waals surface area contributed by atoms with Crippen LogP contribution < -0.4 is 11.1 Å². The molecular formula is C18H12ClN5O2S. The molecule has 0 saturated carbocycles. The first-order valence-electron chi connectivity index (χ1n) is 7.94. The molecule has 7 nitrogen and oxygen atoms in total. The molecule has 0 unspecified atom stereocenters. The van der Waals surface area contributed by atoms with Gasteiger partial charge in [0.25, 0.3) is 11.1 Å². The highest BCUT2D eigenvalue weighted by Gasteiger charge is 2.18. The second-order valence-corrected chi connectivity index (χ2v) is 6.57. The van der Waals surface area contributed by atoms with E-state index < -0.39 is 11.1 Å². The van der Waals surface area contributed by atoms with E-state index in [9.17, 15) is 9.59 Å². The van der Waals surface area contributed by atoms with Crippen molar-refractivity contribution in [3.05, 3.63) is 84.7 Å². The molecule has 2 aromatic carbocycles. The number of rotatable bonds is 2. The van der Waals surface area contributed by atoms with Crippen LogP contribution in [0.1, 0.15) is 5.69 Å². The van der Waals surface area contributed by atoms with Crippen LogP contribution in [0.2, 0.25) is 5.02 Å². The van der Waals surface area contributed by atoms with E-state index in [1.54, 1.807) is 48.5 Å². The van der Waals surface area contributed by atoms with Crippen LogP contribution in [0.4, 0.5) is 0 Å². The van der Waals surface area contributed by atoms with Gasteiger partial charge < -0.3 is 0 Å². The van der Waals surface area contributed by atoms with Gasteiger partial charge in [0.2, 0.25) is 4.77 Å². The number of nitrogens with zero attached hydrogens (tertiary/aromatic N) is 4. The average Bonchev–Trinajstić information content (AvgIpc) is 2.67. The molecule has 0 saturated heterocycles. The molecule has 2 heterocycles. The van der Waals surface area contributed by atoms with Gasteiger partial charge in [0.1, 0.15) is 5.69 Å². The first kappa shape index (κ1) is 17.3. The predicted octanol–water partition coefficient (Wildman–Crippen LogP) is 2.95. The zero-order chi connectivity index (χ0) is 19.1. The van der Waals surface area contributed by atoms with Gasteiger partial charge in [-0.05, 0) is 43.4 Å². The lowest BCUT2D eigenvalue weighted by Gasteiger charge is -2.16. The van der Waals surface area contributed by atoms with Crippen molar-refractivity contribution in [1.29, 1.82) is 0 Å². The smallest absolute Gasteiger partial charge is 0.267 e. The maximum atomic E-state index is 13.3. The van der Waals surface area contributed by atoms with E-state index in [0.29, 0.717) is 21.5 Å². The summed E-state index contributed by atoms with van der Waals surface area (Å²) in [6.07, 6.45) is 0. The van der Waals surface area contributed by atoms with Crippen molar-refractivity contribution >= 4 is 34.7 Å². The van der Waals surface area contributed by atoms with E-state index in [4.69, 9.17) is 23.8 Å². The third-order valence-electron chi connectivity index (χ3n) is 4.08. The minimum Gasteiger partial charge on any atom is -0.267 e. The molecule has 0 aliphatic carbocycles. The normalized spacial score (nSPS) is 11.0. The molecule has 0 aliphatic heterocycles.